The second-order valence-corrected chi connectivity index (χ2v) is 10.3. The molecule has 0 radical (unpaired) electrons. The molecule has 9 rings (SSSR count). The summed E-state index contributed by atoms with van der Waals surface area (Å²) in [5.41, 5.74) is 11.5. The van der Waals surface area contributed by atoms with E-state index in [1.807, 2.05) is 12.1 Å². The number of nitrogens with zero attached hydrogens (tertiary/aromatic N) is 3. The van der Waals surface area contributed by atoms with Crippen LogP contribution in [0.1, 0.15) is 0 Å². The van der Waals surface area contributed by atoms with Gasteiger partial charge in [0.2, 0.25) is 0 Å². The van der Waals surface area contributed by atoms with Crippen molar-refractivity contribution in [3.8, 4) is 22.4 Å². The maximum absolute atomic E-state index is 6.10. The topological polar surface area (TPSA) is 24.6 Å². The molecule has 5 heteroatoms. The van der Waals surface area contributed by atoms with E-state index in [1.165, 1.54) is 45.1 Å². The standard InChI is InChI=1S/C34H22BN3O/c1-2-9-25(10-3-1)37-31-18-16-24(23-17-19-34-28(21-23)26-11-5-7-15-33(26)39-34)22-32(31)38-30-13-6-4-12-27(30)29-14-8-20-36(29)35(37)38/h1-22H. The van der Waals surface area contributed by atoms with Gasteiger partial charge in [0.15, 0.2) is 0 Å². The van der Waals surface area contributed by atoms with Crippen LogP contribution >= 0.6 is 0 Å². The number of aromatic nitrogens is 1. The molecule has 2 aliphatic heterocycles. The molecule has 2 aliphatic rings. The molecule has 0 unspecified atom stereocenters. The summed E-state index contributed by atoms with van der Waals surface area (Å²) in [6, 6.07) is 45.5. The lowest BCUT2D eigenvalue weighted by atomic mass is 9.82. The van der Waals surface area contributed by atoms with Gasteiger partial charge in [-0.1, -0.05) is 66.7 Å². The second-order valence-electron chi connectivity index (χ2n) is 10.3. The number of fused-ring (bicyclic) bond motifs is 11. The average Bonchev–Trinajstić information content (AvgIpc) is 3.71. The molecule has 0 fully saturated rings. The molecule has 39 heavy (non-hydrogen) atoms. The zero-order valence-corrected chi connectivity index (χ0v) is 21.0. The Morgan fingerprint density at radius 1 is 0.513 bits per heavy atom. The van der Waals surface area contributed by atoms with Gasteiger partial charge in [0.25, 0.3) is 0 Å². The van der Waals surface area contributed by atoms with Gasteiger partial charge in [0.1, 0.15) is 11.2 Å². The van der Waals surface area contributed by atoms with Crippen LogP contribution in [0.5, 0.6) is 0 Å². The number of hydrogen-bond acceptors (Lipinski definition) is 3. The Bertz CT molecular complexity index is 2060. The highest BCUT2D eigenvalue weighted by atomic mass is 16.3. The molecular formula is C34H22BN3O. The van der Waals surface area contributed by atoms with Crippen LogP contribution in [0, 0.1) is 0 Å². The highest BCUT2D eigenvalue weighted by Crippen LogP contribution is 2.52. The molecule has 0 spiro atoms. The maximum atomic E-state index is 6.10. The van der Waals surface area contributed by atoms with E-state index in [4.69, 9.17) is 4.42 Å². The van der Waals surface area contributed by atoms with Gasteiger partial charge in [0.05, 0.1) is 11.4 Å². The number of rotatable bonds is 2. The highest BCUT2D eigenvalue weighted by Gasteiger charge is 2.48. The molecule has 0 saturated carbocycles. The van der Waals surface area contributed by atoms with Crippen molar-refractivity contribution in [2.45, 2.75) is 0 Å². The van der Waals surface area contributed by atoms with E-state index in [9.17, 15) is 0 Å². The van der Waals surface area contributed by atoms with Crippen LogP contribution < -0.4 is 9.62 Å². The van der Waals surface area contributed by atoms with E-state index in [0.717, 1.165) is 21.9 Å². The minimum atomic E-state index is -0.0298. The third-order valence-electron chi connectivity index (χ3n) is 8.17. The zero-order valence-electron chi connectivity index (χ0n) is 21.0. The van der Waals surface area contributed by atoms with Gasteiger partial charge in [-0.15, -0.1) is 0 Å². The third kappa shape index (κ3) is 2.84. The highest BCUT2D eigenvalue weighted by molar-refractivity contribution is 6.73. The number of anilines is 4. The van der Waals surface area contributed by atoms with Crippen LogP contribution in [0.3, 0.4) is 0 Å². The van der Waals surface area contributed by atoms with Gasteiger partial charge in [-0.05, 0) is 78.0 Å². The third-order valence-corrected chi connectivity index (χ3v) is 8.17. The van der Waals surface area contributed by atoms with Crippen molar-refractivity contribution in [3.05, 3.63) is 134 Å². The minimum absolute atomic E-state index is 0.0298. The fourth-order valence-corrected chi connectivity index (χ4v) is 6.46. The summed E-state index contributed by atoms with van der Waals surface area (Å²) in [4.78, 5) is 4.94. The predicted molar refractivity (Wildman–Crippen MR) is 161 cm³/mol. The first-order chi connectivity index (χ1) is 19.3. The number of furan rings is 1. The molecule has 4 heterocycles. The summed E-state index contributed by atoms with van der Waals surface area (Å²) in [6.07, 6.45) is 2.20. The van der Waals surface area contributed by atoms with Crippen molar-refractivity contribution in [2.24, 2.45) is 0 Å². The Hall–Kier alpha value is -5.16. The van der Waals surface area contributed by atoms with Crippen LogP contribution in [0.15, 0.2) is 138 Å². The normalized spacial score (nSPS) is 13.5. The summed E-state index contributed by atoms with van der Waals surface area (Å²) in [7, 11) is -0.0298. The van der Waals surface area contributed by atoms with Crippen LogP contribution in [-0.4, -0.2) is 11.6 Å². The molecule has 0 amide bonds. The Balaban J connectivity index is 1.28. The number of hydrogen-bond donors (Lipinski definition) is 0. The first-order valence-electron chi connectivity index (χ1n) is 13.3. The van der Waals surface area contributed by atoms with Crippen molar-refractivity contribution in [3.63, 3.8) is 0 Å². The van der Waals surface area contributed by atoms with Crippen molar-refractivity contribution < 1.29 is 4.42 Å². The van der Waals surface area contributed by atoms with Crippen LogP contribution in [0.25, 0.3) is 44.3 Å². The van der Waals surface area contributed by atoms with E-state index in [1.54, 1.807) is 0 Å². The van der Waals surface area contributed by atoms with E-state index in [0.29, 0.717) is 0 Å². The smallest absolute Gasteiger partial charge is 0.456 e. The summed E-state index contributed by atoms with van der Waals surface area (Å²) in [5.74, 6) is 0. The van der Waals surface area contributed by atoms with Crippen LogP contribution in [0.2, 0.25) is 0 Å². The van der Waals surface area contributed by atoms with Gasteiger partial charge >= 0.3 is 7.12 Å². The van der Waals surface area contributed by atoms with Gasteiger partial charge < -0.3 is 18.5 Å². The van der Waals surface area contributed by atoms with E-state index in [-0.39, 0.29) is 7.12 Å². The molecule has 4 nitrogen and oxygen atoms in total. The quantitative estimate of drug-likeness (QED) is 0.222. The van der Waals surface area contributed by atoms with Crippen molar-refractivity contribution >= 4 is 51.8 Å². The van der Waals surface area contributed by atoms with E-state index >= 15 is 0 Å². The first-order valence-corrected chi connectivity index (χ1v) is 13.3. The minimum Gasteiger partial charge on any atom is -0.456 e. The molecule has 0 atom stereocenters. The summed E-state index contributed by atoms with van der Waals surface area (Å²) >= 11 is 0. The Kier molecular flexibility index (Phi) is 4.11. The zero-order chi connectivity index (χ0) is 25.5. The van der Waals surface area contributed by atoms with Gasteiger partial charge in [0, 0.05) is 33.4 Å². The molecule has 0 saturated heterocycles. The SMILES string of the molecule is c1ccc(N2B3N(c4ccccc4-c4cccn43)c3cc(-c4ccc5oc6ccccc6c5c4)ccc32)cc1. The van der Waals surface area contributed by atoms with Gasteiger partial charge in [-0.2, -0.15) is 0 Å². The van der Waals surface area contributed by atoms with Crippen molar-refractivity contribution in [1.82, 2.24) is 4.48 Å². The fraction of sp³-hybridized carbons (Fsp3) is 0. The molecule has 0 bridgehead atoms. The lowest BCUT2D eigenvalue weighted by Gasteiger charge is -2.36. The van der Waals surface area contributed by atoms with Crippen LogP contribution in [0.4, 0.5) is 22.7 Å². The Morgan fingerprint density at radius 3 is 2.23 bits per heavy atom. The predicted octanol–water partition coefficient (Wildman–Crippen LogP) is 8.86. The average molecular weight is 499 g/mol. The summed E-state index contributed by atoms with van der Waals surface area (Å²) in [5, 5.41) is 2.30. The molecule has 7 aromatic rings. The Morgan fingerprint density at radius 2 is 1.28 bits per heavy atom. The monoisotopic (exact) mass is 499 g/mol. The largest absolute Gasteiger partial charge is 0.518 e. The fourth-order valence-electron chi connectivity index (χ4n) is 6.46. The lowest BCUT2D eigenvalue weighted by molar-refractivity contribution is 0.669. The molecule has 5 aromatic carbocycles. The van der Waals surface area contributed by atoms with Gasteiger partial charge in [-0.3, -0.25) is 0 Å². The van der Waals surface area contributed by atoms with Crippen molar-refractivity contribution in [2.75, 3.05) is 9.62 Å². The molecule has 0 aliphatic carbocycles. The number of para-hydroxylation sites is 3. The summed E-state index contributed by atoms with van der Waals surface area (Å²) in [6.45, 7) is 0. The van der Waals surface area contributed by atoms with Crippen molar-refractivity contribution in [1.29, 1.82) is 0 Å². The van der Waals surface area contributed by atoms with E-state index in [2.05, 4.69) is 136 Å². The maximum Gasteiger partial charge on any atom is 0.518 e. The van der Waals surface area contributed by atoms with Crippen LogP contribution in [-0.2, 0) is 0 Å². The molecule has 0 N–H and O–H groups in total. The van der Waals surface area contributed by atoms with E-state index < -0.39 is 0 Å². The molecular weight excluding hydrogens is 477 g/mol. The molecule has 182 valence electrons. The summed E-state index contributed by atoms with van der Waals surface area (Å²) < 4.78 is 8.49. The lowest BCUT2D eigenvalue weighted by Crippen LogP contribution is -2.51. The Labute approximate surface area is 226 Å². The van der Waals surface area contributed by atoms with Gasteiger partial charge in [-0.25, -0.2) is 0 Å². The first kappa shape index (κ1) is 20.9. The molecule has 2 aromatic heterocycles. The number of benzene rings is 5. The second kappa shape index (κ2) is 7.68.